The smallest absolute Gasteiger partial charge is 0.251 e. The van der Waals surface area contributed by atoms with Crippen LogP contribution in [-0.2, 0) is 14.8 Å². The maximum absolute atomic E-state index is 12.7. The van der Waals surface area contributed by atoms with E-state index in [1.165, 1.54) is 28.4 Å². The number of ether oxygens (including phenoxy) is 1. The Morgan fingerprint density at radius 3 is 2.68 bits per heavy atom. The molecular formula is C14H18N2O5S. The second-order valence-corrected chi connectivity index (χ2v) is 7.56. The molecule has 1 aromatic carbocycles. The lowest BCUT2D eigenvalue weighted by Gasteiger charge is -2.21. The highest BCUT2D eigenvalue weighted by atomic mass is 32.2. The summed E-state index contributed by atoms with van der Waals surface area (Å²) in [4.78, 5) is 13.3. The van der Waals surface area contributed by atoms with Crippen LogP contribution in [0.25, 0.3) is 0 Å². The van der Waals surface area contributed by atoms with Crippen molar-refractivity contribution in [1.82, 2.24) is 9.21 Å². The van der Waals surface area contributed by atoms with Crippen LogP contribution in [0.4, 0.5) is 0 Å². The summed E-state index contributed by atoms with van der Waals surface area (Å²) >= 11 is 0. The standard InChI is InChI=1S/C14H18N2O5S/c1-15-12-8-16(7-11(12)13(17)14(15)18)22(19,20)10-5-3-4-9(6-10)21-2/h3-6,11-13,17H,7-8H2,1-2H3/t11-,12+,13-/m0/s1. The molecule has 7 nitrogen and oxygen atoms in total. The van der Waals surface area contributed by atoms with E-state index in [1.54, 1.807) is 19.2 Å². The average Bonchev–Trinajstić information content (AvgIpc) is 3.05. The number of carbonyl (C=O) groups excluding carboxylic acids is 1. The lowest BCUT2D eigenvalue weighted by Crippen LogP contribution is -2.38. The van der Waals surface area contributed by atoms with Crippen LogP contribution in [0.2, 0.25) is 0 Å². The van der Waals surface area contributed by atoms with Gasteiger partial charge < -0.3 is 14.7 Å². The normalized spacial score (nSPS) is 29.0. The minimum atomic E-state index is -3.67. The number of amides is 1. The van der Waals surface area contributed by atoms with Crippen molar-refractivity contribution in [2.24, 2.45) is 5.92 Å². The summed E-state index contributed by atoms with van der Waals surface area (Å²) in [7, 11) is -0.603. The van der Waals surface area contributed by atoms with Crippen LogP contribution in [0.5, 0.6) is 5.75 Å². The molecule has 1 aromatic rings. The van der Waals surface area contributed by atoms with Gasteiger partial charge in [-0.2, -0.15) is 4.31 Å². The number of likely N-dealkylation sites (tertiary alicyclic amines) is 1. The highest BCUT2D eigenvalue weighted by Crippen LogP contribution is 2.34. The van der Waals surface area contributed by atoms with E-state index < -0.39 is 16.1 Å². The number of carbonyl (C=O) groups is 1. The molecule has 0 aliphatic carbocycles. The summed E-state index contributed by atoms with van der Waals surface area (Å²) in [5, 5.41) is 9.94. The van der Waals surface area contributed by atoms with E-state index in [4.69, 9.17) is 4.74 Å². The Labute approximate surface area is 129 Å². The minimum Gasteiger partial charge on any atom is -0.497 e. The fourth-order valence-electron chi connectivity index (χ4n) is 3.16. The number of fused-ring (bicyclic) bond motifs is 1. The number of hydrogen-bond acceptors (Lipinski definition) is 5. The van der Waals surface area contributed by atoms with E-state index in [1.807, 2.05) is 0 Å². The van der Waals surface area contributed by atoms with Crippen LogP contribution in [0.15, 0.2) is 29.2 Å². The Morgan fingerprint density at radius 2 is 2.05 bits per heavy atom. The molecule has 2 saturated heterocycles. The van der Waals surface area contributed by atoms with Gasteiger partial charge in [-0.1, -0.05) is 6.07 Å². The summed E-state index contributed by atoms with van der Waals surface area (Å²) in [5.41, 5.74) is 0. The van der Waals surface area contributed by atoms with Gasteiger partial charge in [0.25, 0.3) is 5.91 Å². The summed E-state index contributed by atoms with van der Waals surface area (Å²) < 4.78 is 31.8. The number of aliphatic hydroxyl groups is 1. The highest BCUT2D eigenvalue weighted by Gasteiger charge is 2.52. The van der Waals surface area contributed by atoms with Crippen LogP contribution >= 0.6 is 0 Å². The maximum Gasteiger partial charge on any atom is 0.251 e. The Balaban J connectivity index is 1.88. The second kappa shape index (κ2) is 5.22. The molecule has 2 aliphatic heterocycles. The first-order chi connectivity index (χ1) is 10.4. The van der Waals surface area contributed by atoms with Crippen molar-refractivity contribution in [2.75, 3.05) is 27.2 Å². The number of aliphatic hydroxyl groups excluding tert-OH is 1. The zero-order chi connectivity index (χ0) is 16.1. The third-order valence-corrected chi connectivity index (χ3v) is 6.31. The first kappa shape index (κ1) is 15.3. The van der Waals surface area contributed by atoms with Crippen LogP contribution < -0.4 is 4.74 Å². The van der Waals surface area contributed by atoms with Gasteiger partial charge in [0.15, 0.2) is 0 Å². The molecule has 0 aromatic heterocycles. The highest BCUT2D eigenvalue weighted by molar-refractivity contribution is 7.89. The lowest BCUT2D eigenvalue weighted by molar-refractivity contribution is -0.134. The maximum atomic E-state index is 12.7. The zero-order valence-electron chi connectivity index (χ0n) is 12.3. The molecule has 120 valence electrons. The quantitative estimate of drug-likeness (QED) is 0.810. The Kier molecular flexibility index (Phi) is 3.62. The number of hydrogen-bond donors (Lipinski definition) is 1. The predicted molar refractivity (Wildman–Crippen MR) is 77.8 cm³/mol. The number of rotatable bonds is 3. The molecule has 1 amide bonds. The van der Waals surface area contributed by atoms with Gasteiger partial charge in [0.05, 0.1) is 18.0 Å². The van der Waals surface area contributed by atoms with Crippen molar-refractivity contribution < 1.29 is 23.1 Å². The molecule has 2 fully saturated rings. The topological polar surface area (TPSA) is 87.1 Å². The lowest BCUT2D eigenvalue weighted by atomic mass is 10.0. The Bertz CT molecular complexity index is 685. The van der Waals surface area contributed by atoms with Gasteiger partial charge in [0.2, 0.25) is 10.0 Å². The van der Waals surface area contributed by atoms with Crippen LogP contribution in [0.3, 0.4) is 0 Å². The molecule has 22 heavy (non-hydrogen) atoms. The van der Waals surface area contributed by atoms with E-state index in [0.29, 0.717) is 5.75 Å². The molecule has 0 unspecified atom stereocenters. The molecule has 3 rings (SSSR count). The number of nitrogens with zero attached hydrogens (tertiary/aromatic N) is 2. The fraction of sp³-hybridized carbons (Fsp3) is 0.500. The SMILES string of the molecule is COc1cccc(S(=O)(=O)N2C[C@@H]3[C@H](O)C(=O)N(C)[C@@H]3C2)c1. The summed E-state index contributed by atoms with van der Waals surface area (Å²) in [6.07, 6.45) is -1.12. The largest absolute Gasteiger partial charge is 0.497 e. The number of likely N-dealkylation sites (N-methyl/N-ethyl adjacent to an activating group) is 1. The monoisotopic (exact) mass is 326 g/mol. The van der Waals surface area contributed by atoms with Gasteiger partial charge in [0, 0.05) is 32.1 Å². The summed E-state index contributed by atoms with van der Waals surface area (Å²) in [6, 6.07) is 6.00. The van der Waals surface area contributed by atoms with Crippen LogP contribution in [0, 0.1) is 5.92 Å². The summed E-state index contributed by atoms with van der Waals surface area (Å²) in [5.74, 6) is -0.251. The van der Waals surface area contributed by atoms with Gasteiger partial charge in [0.1, 0.15) is 11.9 Å². The van der Waals surface area contributed by atoms with E-state index in [0.717, 1.165) is 0 Å². The van der Waals surface area contributed by atoms with Crippen molar-refractivity contribution in [3.63, 3.8) is 0 Å². The first-order valence-corrected chi connectivity index (χ1v) is 8.39. The fourth-order valence-corrected chi connectivity index (χ4v) is 4.69. The van der Waals surface area contributed by atoms with Crippen molar-refractivity contribution >= 4 is 15.9 Å². The Morgan fingerprint density at radius 1 is 1.32 bits per heavy atom. The molecule has 2 heterocycles. The molecule has 8 heteroatoms. The van der Waals surface area contributed by atoms with Crippen molar-refractivity contribution in [3.8, 4) is 5.75 Å². The molecular weight excluding hydrogens is 308 g/mol. The van der Waals surface area contributed by atoms with Gasteiger partial charge in [-0.05, 0) is 12.1 Å². The number of methoxy groups -OCH3 is 1. The second-order valence-electron chi connectivity index (χ2n) is 5.63. The minimum absolute atomic E-state index is 0.140. The van der Waals surface area contributed by atoms with Gasteiger partial charge >= 0.3 is 0 Å². The van der Waals surface area contributed by atoms with E-state index in [2.05, 4.69) is 0 Å². The number of sulfonamides is 1. The molecule has 2 aliphatic rings. The zero-order valence-corrected chi connectivity index (χ0v) is 13.2. The molecule has 3 atom stereocenters. The van der Waals surface area contributed by atoms with Gasteiger partial charge in [-0.15, -0.1) is 0 Å². The molecule has 1 N–H and O–H groups in total. The average molecular weight is 326 g/mol. The Hall–Kier alpha value is -1.64. The molecule has 0 saturated carbocycles. The molecule has 0 spiro atoms. The molecule has 0 radical (unpaired) electrons. The number of benzene rings is 1. The summed E-state index contributed by atoms with van der Waals surface area (Å²) in [6.45, 7) is 0.338. The van der Waals surface area contributed by atoms with Crippen LogP contribution in [-0.4, -0.2) is 68.0 Å². The first-order valence-electron chi connectivity index (χ1n) is 6.95. The van der Waals surface area contributed by atoms with E-state index >= 15 is 0 Å². The van der Waals surface area contributed by atoms with Gasteiger partial charge in [-0.3, -0.25) is 4.79 Å². The predicted octanol–water partition coefficient (Wildman–Crippen LogP) is -0.483. The third-order valence-electron chi connectivity index (χ3n) is 4.48. The van der Waals surface area contributed by atoms with Crippen molar-refractivity contribution in [2.45, 2.75) is 17.0 Å². The van der Waals surface area contributed by atoms with Crippen molar-refractivity contribution in [3.05, 3.63) is 24.3 Å². The molecule has 0 bridgehead atoms. The van der Waals surface area contributed by atoms with E-state index in [9.17, 15) is 18.3 Å². The van der Waals surface area contributed by atoms with E-state index in [-0.39, 0.29) is 35.9 Å². The third kappa shape index (κ3) is 2.18. The van der Waals surface area contributed by atoms with Crippen molar-refractivity contribution in [1.29, 1.82) is 0 Å². The van der Waals surface area contributed by atoms with Gasteiger partial charge in [-0.25, -0.2) is 8.42 Å². The van der Waals surface area contributed by atoms with Crippen LogP contribution in [0.1, 0.15) is 0 Å².